The molecule has 1 unspecified atom stereocenters. The van der Waals surface area contributed by atoms with E-state index in [0.29, 0.717) is 11.6 Å². The molecular weight excluding hydrogens is 338 g/mol. The summed E-state index contributed by atoms with van der Waals surface area (Å²) in [6, 6.07) is 3.51. The van der Waals surface area contributed by atoms with Gasteiger partial charge in [-0.25, -0.2) is 4.79 Å². The van der Waals surface area contributed by atoms with E-state index < -0.39 is 0 Å². The van der Waals surface area contributed by atoms with Gasteiger partial charge in [-0.3, -0.25) is 9.89 Å². The lowest BCUT2D eigenvalue weighted by Gasteiger charge is -2.14. The second-order valence-electron chi connectivity index (χ2n) is 6.75. The highest BCUT2D eigenvalue weighted by molar-refractivity contribution is 5.91. The van der Waals surface area contributed by atoms with E-state index in [4.69, 9.17) is 9.26 Å². The van der Waals surface area contributed by atoms with Crippen LogP contribution in [0.15, 0.2) is 22.9 Å². The zero-order valence-corrected chi connectivity index (χ0v) is 14.8. The predicted molar refractivity (Wildman–Crippen MR) is 92.6 cm³/mol. The predicted octanol–water partition coefficient (Wildman–Crippen LogP) is 2.35. The first-order valence-corrected chi connectivity index (χ1v) is 8.71. The van der Waals surface area contributed by atoms with Crippen molar-refractivity contribution in [1.29, 1.82) is 0 Å². The minimum Gasteiger partial charge on any atom is -0.446 e. The molecule has 9 heteroatoms. The lowest BCUT2D eigenvalue weighted by atomic mass is 10.0. The molecule has 2 aromatic heterocycles. The topological polar surface area (TPSA) is 122 Å². The van der Waals surface area contributed by atoms with Crippen LogP contribution in [0.3, 0.4) is 0 Å². The fourth-order valence-corrected chi connectivity index (χ4v) is 3.04. The Kier molecular flexibility index (Phi) is 5.55. The van der Waals surface area contributed by atoms with Gasteiger partial charge in [-0.1, -0.05) is 5.16 Å². The first-order valence-electron chi connectivity index (χ1n) is 8.71. The maximum absolute atomic E-state index is 12.0. The number of nitrogens with one attached hydrogen (secondary N) is 3. The molecule has 1 aliphatic carbocycles. The summed E-state index contributed by atoms with van der Waals surface area (Å²) < 4.78 is 10.3. The molecule has 0 aromatic carbocycles. The number of carbonyl (C=O) groups excluding carboxylic acids is 2. The van der Waals surface area contributed by atoms with Crippen molar-refractivity contribution in [3.8, 4) is 0 Å². The van der Waals surface area contributed by atoms with E-state index in [0.717, 1.165) is 25.0 Å². The zero-order chi connectivity index (χ0) is 18.5. The summed E-state index contributed by atoms with van der Waals surface area (Å²) in [5, 5.41) is 16.1. The lowest BCUT2D eigenvalue weighted by molar-refractivity contribution is -0.115. The fourth-order valence-electron chi connectivity index (χ4n) is 3.04. The minimum atomic E-state index is -0.379. The number of hydrogen-bond donors (Lipinski definition) is 3. The molecule has 140 valence electrons. The molecule has 2 amide bonds. The molecule has 3 N–H and O–H groups in total. The number of ether oxygens (including phenoxy) is 1. The maximum Gasteiger partial charge on any atom is 0.407 e. The Morgan fingerprint density at radius 2 is 2.27 bits per heavy atom. The molecule has 2 aromatic rings. The van der Waals surface area contributed by atoms with Crippen LogP contribution in [0.5, 0.6) is 0 Å². The number of alkyl carbamates (subject to hydrolysis) is 1. The number of rotatable bonds is 6. The Hall–Kier alpha value is -2.84. The van der Waals surface area contributed by atoms with Crippen molar-refractivity contribution < 1.29 is 18.8 Å². The highest BCUT2D eigenvalue weighted by atomic mass is 16.6. The van der Waals surface area contributed by atoms with E-state index in [9.17, 15) is 9.59 Å². The summed E-state index contributed by atoms with van der Waals surface area (Å²) in [4.78, 5) is 23.6. The summed E-state index contributed by atoms with van der Waals surface area (Å²) in [5.74, 6) is 0.956. The van der Waals surface area contributed by atoms with Gasteiger partial charge in [-0.2, -0.15) is 5.10 Å². The average molecular weight is 361 g/mol. The second kappa shape index (κ2) is 8.03. The Morgan fingerprint density at radius 1 is 1.42 bits per heavy atom. The van der Waals surface area contributed by atoms with E-state index in [1.165, 1.54) is 6.20 Å². The standard InChI is InChI=1S/C17H23N5O4/c1-10(2)19-17(24)25-12-4-3-11(7-12)14-9-15(22-21-14)20-16(23)8-13-5-6-18-26-13/h5-6,9-12H,3-4,7-8H2,1-2H3,(H,19,24)(H2,20,21,22,23)/t11-,12?/m1/s1. The Bertz CT molecular complexity index is 740. The molecule has 2 heterocycles. The summed E-state index contributed by atoms with van der Waals surface area (Å²) in [7, 11) is 0. The second-order valence-corrected chi connectivity index (χ2v) is 6.75. The maximum atomic E-state index is 12.0. The summed E-state index contributed by atoms with van der Waals surface area (Å²) in [5.41, 5.74) is 0.926. The number of hydrogen-bond acceptors (Lipinski definition) is 6. The molecule has 0 saturated heterocycles. The van der Waals surface area contributed by atoms with E-state index in [2.05, 4.69) is 26.0 Å². The first-order chi connectivity index (χ1) is 12.5. The molecule has 0 bridgehead atoms. The van der Waals surface area contributed by atoms with Gasteiger partial charge < -0.3 is 19.9 Å². The molecule has 9 nitrogen and oxygen atoms in total. The fraction of sp³-hybridized carbons (Fsp3) is 0.529. The van der Waals surface area contributed by atoms with Crippen LogP contribution in [-0.2, 0) is 16.0 Å². The van der Waals surface area contributed by atoms with Crippen LogP contribution in [0.2, 0.25) is 0 Å². The van der Waals surface area contributed by atoms with Crippen molar-refractivity contribution in [2.45, 2.75) is 57.6 Å². The SMILES string of the molecule is CC(C)NC(=O)OC1CC[C@@H](c2cc(NC(=O)Cc3ccno3)n[nH]2)C1. The van der Waals surface area contributed by atoms with Gasteiger partial charge in [0, 0.05) is 29.8 Å². The van der Waals surface area contributed by atoms with Crippen LogP contribution in [0.25, 0.3) is 0 Å². The Morgan fingerprint density at radius 3 is 3.00 bits per heavy atom. The number of amides is 2. The largest absolute Gasteiger partial charge is 0.446 e. The quantitative estimate of drug-likeness (QED) is 0.726. The molecule has 1 fully saturated rings. The number of anilines is 1. The van der Waals surface area contributed by atoms with Gasteiger partial charge in [-0.15, -0.1) is 0 Å². The van der Waals surface area contributed by atoms with Gasteiger partial charge in [0.2, 0.25) is 5.91 Å². The highest BCUT2D eigenvalue weighted by Gasteiger charge is 2.30. The monoisotopic (exact) mass is 361 g/mol. The van der Waals surface area contributed by atoms with Gasteiger partial charge in [0.1, 0.15) is 11.9 Å². The number of carbonyl (C=O) groups is 2. The Balaban J connectivity index is 1.49. The third-order valence-corrected chi connectivity index (χ3v) is 4.20. The summed E-state index contributed by atoms with van der Waals surface area (Å²) >= 11 is 0. The van der Waals surface area contributed by atoms with Crippen molar-refractivity contribution >= 4 is 17.8 Å². The van der Waals surface area contributed by atoms with Crippen molar-refractivity contribution in [2.75, 3.05) is 5.32 Å². The van der Waals surface area contributed by atoms with Crippen LogP contribution < -0.4 is 10.6 Å². The van der Waals surface area contributed by atoms with Crippen molar-refractivity contribution in [1.82, 2.24) is 20.7 Å². The van der Waals surface area contributed by atoms with Gasteiger partial charge >= 0.3 is 6.09 Å². The third kappa shape index (κ3) is 4.84. The molecule has 2 atom stereocenters. The van der Waals surface area contributed by atoms with Crippen LogP contribution in [0, 0.1) is 0 Å². The van der Waals surface area contributed by atoms with Gasteiger partial charge in [0.15, 0.2) is 5.82 Å². The highest BCUT2D eigenvalue weighted by Crippen LogP contribution is 2.35. The molecule has 26 heavy (non-hydrogen) atoms. The number of H-pyrrole nitrogens is 1. The van der Waals surface area contributed by atoms with Gasteiger partial charge in [-0.05, 0) is 33.1 Å². The minimum absolute atomic E-state index is 0.0513. The molecular formula is C17H23N5O4. The van der Waals surface area contributed by atoms with Crippen molar-refractivity contribution in [3.05, 3.63) is 29.8 Å². The van der Waals surface area contributed by atoms with Crippen molar-refractivity contribution in [2.24, 2.45) is 0 Å². The smallest absolute Gasteiger partial charge is 0.407 e. The molecule has 1 aliphatic rings. The summed E-state index contributed by atoms with van der Waals surface area (Å²) in [6.45, 7) is 3.78. The van der Waals surface area contributed by atoms with Crippen LogP contribution in [0.4, 0.5) is 10.6 Å². The molecule has 0 radical (unpaired) electrons. The first kappa shape index (κ1) is 18.0. The third-order valence-electron chi connectivity index (χ3n) is 4.20. The summed E-state index contributed by atoms with van der Waals surface area (Å²) in [6.07, 6.45) is 3.55. The van der Waals surface area contributed by atoms with Crippen LogP contribution in [-0.4, -0.2) is 39.5 Å². The van der Waals surface area contributed by atoms with Crippen LogP contribution >= 0.6 is 0 Å². The number of aromatic nitrogens is 3. The van der Waals surface area contributed by atoms with E-state index in [-0.39, 0.29) is 36.5 Å². The van der Waals surface area contributed by atoms with Crippen molar-refractivity contribution in [3.63, 3.8) is 0 Å². The van der Waals surface area contributed by atoms with E-state index >= 15 is 0 Å². The van der Waals surface area contributed by atoms with Gasteiger partial charge in [0.05, 0.1) is 12.6 Å². The normalized spacial score (nSPS) is 19.5. The lowest BCUT2D eigenvalue weighted by Crippen LogP contribution is -2.33. The Labute approximate surface area is 150 Å². The molecule has 0 spiro atoms. The zero-order valence-electron chi connectivity index (χ0n) is 14.8. The number of aromatic amines is 1. The average Bonchev–Trinajstić information content (AvgIpc) is 3.27. The van der Waals surface area contributed by atoms with Gasteiger partial charge in [0.25, 0.3) is 0 Å². The molecule has 1 saturated carbocycles. The number of nitrogens with zero attached hydrogens (tertiary/aromatic N) is 2. The van der Waals surface area contributed by atoms with Crippen LogP contribution in [0.1, 0.15) is 50.5 Å². The van der Waals surface area contributed by atoms with E-state index in [1.54, 1.807) is 6.07 Å². The molecule has 0 aliphatic heterocycles. The van der Waals surface area contributed by atoms with E-state index in [1.807, 2.05) is 19.9 Å². The molecule has 3 rings (SSSR count).